The van der Waals surface area contributed by atoms with Gasteiger partial charge in [-0.25, -0.2) is 9.78 Å². The number of rotatable bonds is 2. The van der Waals surface area contributed by atoms with Gasteiger partial charge in [0.05, 0.1) is 6.61 Å². The zero-order valence-corrected chi connectivity index (χ0v) is 21.2. The largest absolute Gasteiger partial charge is 0.450 e. The number of nitrogens with one attached hydrogen (secondary N) is 3. The Hall–Kier alpha value is -3.03. The van der Waals surface area contributed by atoms with Gasteiger partial charge in [-0.3, -0.25) is 4.79 Å². The Labute approximate surface area is 213 Å². The second-order valence-electron chi connectivity index (χ2n) is 11.1. The first-order valence-electron chi connectivity index (χ1n) is 13.6. The molecule has 0 spiro atoms. The Kier molecular flexibility index (Phi) is 7.48. The molecule has 6 rings (SSSR count). The van der Waals surface area contributed by atoms with Gasteiger partial charge in [-0.15, -0.1) is 0 Å². The van der Waals surface area contributed by atoms with E-state index in [0.717, 1.165) is 67.8 Å². The Morgan fingerprint density at radius 2 is 1.92 bits per heavy atom. The molecule has 2 saturated carbocycles. The van der Waals surface area contributed by atoms with E-state index in [0.29, 0.717) is 36.7 Å². The van der Waals surface area contributed by atoms with Crippen LogP contribution in [0.2, 0.25) is 0 Å². The van der Waals surface area contributed by atoms with Crippen LogP contribution in [0.5, 0.6) is 0 Å². The molecular formula is C28H39N5O3. The monoisotopic (exact) mass is 493 g/mol. The number of nitrogens with zero attached hydrogens (tertiary/aromatic N) is 1. The van der Waals surface area contributed by atoms with Crippen LogP contribution in [-0.4, -0.2) is 42.2 Å². The quantitative estimate of drug-likeness (QED) is 0.491. The van der Waals surface area contributed by atoms with Gasteiger partial charge < -0.3 is 26.4 Å². The molecule has 2 saturated heterocycles. The predicted molar refractivity (Wildman–Crippen MR) is 141 cm³/mol. The van der Waals surface area contributed by atoms with Crippen LogP contribution in [0, 0.1) is 23.7 Å². The molecule has 0 radical (unpaired) electrons. The lowest BCUT2D eigenvalue weighted by Gasteiger charge is -2.38. The third-order valence-electron chi connectivity index (χ3n) is 8.65. The summed E-state index contributed by atoms with van der Waals surface area (Å²) in [6.45, 7) is 3.36. The number of nitrogen functional groups attached to an aromatic ring is 1. The molecule has 1 aromatic heterocycles. The number of benzene rings is 1. The van der Waals surface area contributed by atoms with Gasteiger partial charge in [-0.2, -0.15) is 0 Å². The van der Waals surface area contributed by atoms with E-state index in [4.69, 9.17) is 10.5 Å². The fourth-order valence-electron chi connectivity index (χ4n) is 6.57. The maximum atomic E-state index is 13.6. The second kappa shape index (κ2) is 10.9. The molecule has 5 N–H and O–H groups in total. The van der Waals surface area contributed by atoms with Crippen molar-refractivity contribution in [3.63, 3.8) is 0 Å². The number of alkyl carbamates (subject to hydrolysis) is 1. The molecular weight excluding hydrogens is 454 g/mol. The number of hydrogen-bond acceptors (Lipinski definition) is 6. The highest BCUT2D eigenvalue weighted by Gasteiger charge is 2.36. The van der Waals surface area contributed by atoms with Crippen LogP contribution in [-0.2, 0) is 9.53 Å². The van der Waals surface area contributed by atoms with Crippen molar-refractivity contribution < 1.29 is 14.3 Å². The molecule has 36 heavy (non-hydrogen) atoms. The maximum absolute atomic E-state index is 13.6. The number of carbonyl (C=O) groups is 2. The Bertz CT molecular complexity index is 1090. The highest BCUT2D eigenvalue weighted by Crippen LogP contribution is 2.38. The number of ether oxygens (including phenoxy) is 1. The molecule has 6 atom stereocenters. The van der Waals surface area contributed by atoms with Gasteiger partial charge in [0.15, 0.2) is 0 Å². The van der Waals surface area contributed by atoms with Crippen molar-refractivity contribution >= 4 is 34.3 Å². The molecule has 2 amide bonds. The SMILES string of the molecule is CC1C[C@@H]2CCC1CCOC(=O)NC1CCCC(CNC(=O)C2Nc2ccc3c(N)nccc3c2)C1. The summed E-state index contributed by atoms with van der Waals surface area (Å²) in [5.74, 6) is 2.14. The lowest BCUT2D eigenvalue weighted by atomic mass is 9.71. The Morgan fingerprint density at radius 1 is 1.06 bits per heavy atom. The third kappa shape index (κ3) is 5.68. The first-order chi connectivity index (χ1) is 17.5. The van der Waals surface area contributed by atoms with Crippen LogP contribution in [0.3, 0.4) is 0 Å². The van der Waals surface area contributed by atoms with E-state index in [1.807, 2.05) is 18.2 Å². The fourth-order valence-corrected chi connectivity index (χ4v) is 6.57. The molecule has 2 aliphatic heterocycles. The first kappa shape index (κ1) is 24.7. The molecule has 3 heterocycles. The number of carbonyl (C=O) groups excluding carboxylic acids is 2. The molecule has 5 unspecified atom stereocenters. The van der Waals surface area contributed by atoms with Crippen LogP contribution in [0.4, 0.5) is 16.3 Å². The average Bonchev–Trinajstić information content (AvgIpc) is 2.86. The number of pyridine rings is 1. The van der Waals surface area contributed by atoms with Gasteiger partial charge in [0.25, 0.3) is 0 Å². The minimum Gasteiger partial charge on any atom is -0.450 e. The summed E-state index contributed by atoms with van der Waals surface area (Å²) in [6.07, 6.45) is 9.22. The van der Waals surface area contributed by atoms with Crippen LogP contribution < -0.4 is 21.7 Å². The molecule has 1 aromatic carbocycles. The van der Waals surface area contributed by atoms with Gasteiger partial charge in [-0.1, -0.05) is 13.3 Å². The van der Waals surface area contributed by atoms with E-state index < -0.39 is 0 Å². The smallest absolute Gasteiger partial charge is 0.407 e. The molecule has 8 nitrogen and oxygen atoms in total. The predicted octanol–water partition coefficient (Wildman–Crippen LogP) is 4.45. The highest BCUT2D eigenvalue weighted by molar-refractivity contribution is 5.93. The standard InChI is InChI=1S/C28H39N5O3/c1-17-13-21-6-5-19(17)10-12-36-28(35)33-22-4-2-3-18(14-22)16-31-27(34)25(21)32-23-7-8-24-20(15-23)9-11-30-26(24)29/h7-9,11,15,17-19,21-22,25,32H,2-6,10,12-14,16H2,1H3,(H2,29,30)(H,31,34)(H,33,35)/t17?,18?,19?,21-,22?,25?/m0/s1. The van der Waals surface area contributed by atoms with Crippen molar-refractivity contribution in [1.82, 2.24) is 15.6 Å². The maximum Gasteiger partial charge on any atom is 0.407 e. The van der Waals surface area contributed by atoms with E-state index in [9.17, 15) is 9.59 Å². The minimum absolute atomic E-state index is 0.0709. The molecule has 4 fully saturated rings. The van der Waals surface area contributed by atoms with E-state index in [1.54, 1.807) is 6.20 Å². The van der Waals surface area contributed by atoms with Gasteiger partial charge in [0.1, 0.15) is 11.9 Å². The average molecular weight is 494 g/mol. The summed E-state index contributed by atoms with van der Waals surface area (Å²) < 4.78 is 5.55. The minimum atomic E-state index is -0.298. The highest BCUT2D eigenvalue weighted by atomic mass is 16.5. The van der Waals surface area contributed by atoms with E-state index >= 15 is 0 Å². The third-order valence-corrected chi connectivity index (χ3v) is 8.65. The van der Waals surface area contributed by atoms with E-state index in [1.165, 1.54) is 0 Å². The summed E-state index contributed by atoms with van der Waals surface area (Å²) in [5.41, 5.74) is 6.96. The van der Waals surface area contributed by atoms with Crippen LogP contribution in [0.25, 0.3) is 10.8 Å². The summed E-state index contributed by atoms with van der Waals surface area (Å²) in [7, 11) is 0. The molecule has 2 aromatic rings. The molecule has 4 bridgehead atoms. The molecule has 4 aliphatic rings. The second-order valence-corrected chi connectivity index (χ2v) is 11.1. The van der Waals surface area contributed by atoms with Crippen molar-refractivity contribution in [2.75, 3.05) is 24.2 Å². The van der Waals surface area contributed by atoms with Crippen molar-refractivity contribution in [2.45, 2.75) is 70.4 Å². The van der Waals surface area contributed by atoms with Crippen molar-refractivity contribution in [1.29, 1.82) is 0 Å². The van der Waals surface area contributed by atoms with Gasteiger partial charge in [-0.05, 0) is 98.3 Å². The van der Waals surface area contributed by atoms with Crippen LogP contribution >= 0.6 is 0 Å². The van der Waals surface area contributed by atoms with Gasteiger partial charge >= 0.3 is 6.09 Å². The summed E-state index contributed by atoms with van der Waals surface area (Å²) in [4.78, 5) is 30.1. The zero-order valence-electron chi connectivity index (χ0n) is 21.2. The number of amides is 2. The summed E-state index contributed by atoms with van der Waals surface area (Å²) in [5, 5.41) is 11.8. The van der Waals surface area contributed by atoms with Gasteiger partial charge in [0, 0.05) is 29.9 Å². The van der Waals surface area contributed by atoms with Crippen molar-refractivity contribution in [2.24, 2.45) is 23.7 Å². The first-order valence-corrected chi connectivity index (χ1v) is 13.6. The number of aromatic nitrogens is 1. The normalized spacial score (nSPS) is 31.8. The number of fused-ring (bicyclic) bond motifs is 10. The Morgan fingerprint density at radius 3 is 2.78 bits per heavy atom. The number of hydrogen-bond donors (Lipinski definition) is 4. The number of anilines is 2. The van der Waals surface area contributed by atoms with E-state index in [-0.39, 0.29) is 30.0 Å². The van der Waals surface area contributed by atoms with Crippen LogP contribution in [0.15, 0.2) is 30.5 Å². The van der Waals surface area contributed by atoms with E-state index in [2.05, 4.69) is 33.9 Å². The summed E-state index contributed by atoms with van der Waals surface area (Å²) in [6, 6.07) is 7.79. The van der Waals surface area contributed by atoms with Crippen molar-refractivity contribution in [3.8, 4) is 0 Å². The lowest BCUT2D eigenvalue weighted by Crippen LogP contribution is -2.49. The topological polar surface area (TPSA) is 118 Å². The zero-order chi connectivity index (χ0) is 25.1. The molecule has 8 heteroatoms. The molecule has 194 valence electrons. The summed E-state index contributed by atoms with van der Waals surface area (Å²) >= 11 is 0. The Balaban J connectivity index is 1.37. The van der Waals surface area contributed by atoms with Gasteiger partial charge in [0.2, 0.25) is 5.91 Å². The van der Waals surface area contributed by atoms with Crippen LogP contribution in [0.1, 0.15) is 58.3 Å². The molecule has 2 aliphatic carbocycles. The van der Waals surface area contributed by atoms with Crippen molar-refractivity contribution in [3.05, 3.63) is 30.5 Å². The lowest BCUT2D eigenvalue weighted by molar-refractivity contribution is -0.123. The number of nitrogens with two attached hydrogens (primary N) is 1. The fraction of sp³-hybridized carbons (Fsp3) is 0.607.